The van der Waals surface area contributed by atoms with Crippen molar-refractivity contribution in [3.63, 3.8) is 0 Å². The van der Waals surface area contributed by atoms with Gasteiger partial charge in [0.05, 0.1) is 18.3 Å². The second-order valence-corrected chi connectivity index (χ2v) is 4.41. The van der Waals surface area contributed by atoms with E-state index in [1.807, 2.05) is 0 Å². The monoisotopic (exact) mass is 156 g/mol. The molecular weight excluding hydrogens is 144 g/mol. The van der Waals surface area contributed by atoms with Crippen molar-refractivity contribution < 1.29 is 15.3 Å². The van der Waals surface area contributed by atoms with E-state index in [0.29, 0.717) is 11.8 Å². The van der Waals surface area contributed by atoms with Crippen molar-refractivity contribution in [2.24, 2.45) is 17.3 Å². The average Bonchev–Trinajstić information content (AvgIpc) is 2.80. The van der Waals surface area contributed by atoms with Gasteiger partial charge < -0.3 is 15.3 Å². The summed E-state index contributed by atoms with van der Waals surface area (Å²) in [7, 11) is 0. The molecule has 0 aliphatic heterocycles. The lowest BCUT2D eigenvalue weighted by Gasteiger charge is -2.21. The Morgan fingerprint density at radius 1 is 1.27 bits per heavy atom. The summed E-state index contributed by atoms with van der Waals surface area (Å²) in [5.41, 5.74) is -1.09. The van der Waals surface area contributed by atoms with Crippen LogP contribution in [0.2, 0.25) is 0 Å². The van der Waals surface area contributed by atoms with Gasteiger partial charge in [0.25, 0.3) is 0 Å². The molecular formula is C8H12O3. The number of aliphatic hydroxyl groups is 3. The van der Waals surface area contributed by atoms with Crippen molar-refractivity contribution >= 4 is 0 Å². The first-order valence-electron chi connectivity index (χ1n) is 4.16. The molecule has 5 unspecified atom stereocenters. The fourth-order valence-corrected chi connectivity index (χ4v) is 3.07. The summed E-state index contributed by atoms with van der Waals surface area (Å²) in [5.74, 6) is 0.706. The third-order valence-corrected chi connectivity index (χ3v) is 4.01. The highest BCUT2D eigenvalue weighted by Crippen LogP contribution is 2.77. The highest BCUT2D eigenvalue weighted by atomic mass is 16.4. The molecule has 0 saturated heterocycles. The molecule has 3 aliphatic rings. The molecule has 0 bridgehead atoms. The Hall–Kier alpha value is -0.120. The van der Waals surface area contributed by atoms with Gasteiger partial charge in [-0.05, 0) is 24.7 Å². The summed E-state index contributed by atoms with van der Waals surface area (Å²) in [6.45, 7) is 0.0393. The van der Waals surface area contributed by atoms with Gasteiger partial charge in [0.1, 0.15) is 0 Å². The van der Waals surface area contributed by atoms with Crippen LogP contribution in [0.25, 0.3) is 0 Å². The Labute approximate surface area is 64.7 Å². The molecule has 11 heavy (non-hydrogen) atoms. The predicted octanol–water partition coefficient (Wildman–Crippen LogP) is -0.890. The van der Waals surface area contributed by atoms with Crippen molar-refractivity contribution in [3.8, 4) is 0 Å². The van der Waals surface area contributed by atoms with Crippen LogP contribution in [0.15, 0.2) is 0 Å². The Balaban J connectivity index is 1.97. The van der Waals surface area contributed by atoms with E-state index < -0.39 is 11.7 Å². The number of fused-ring (bicyclic) bond motifs is 3. The standard InChI is InChI=1S/C8H12O3/c9-3-7-1-4(7)5-2-8(5,11)6(7)10/h4-6,9-11H,1-3H2. The van der Waals surface area contributed by atoms with Crippen LogP contribution in [0.4, 0.5) is 0 Å². The lowest BCUT2D eigenvalue weighted by atomic mass is 9.96. The van der Waals surface area contributed by atoms with Crippen LogP contribution in [0.3, 0.4) is 0 Å². The summed E-state index contributed by atoms with van der Waals surface area (Å²) in [6.07, 6.45) is 1.01. The average molecular weight is 156 g/mol. The molecule has 0 radical (unpaired) electrons. The molecule has 3 heteroatoms. The first-order chi connectivity index (χ1) is 5.15. The maximum absolute atomic E-state index is 9.67. The third kappa shape index (κ3) is 0.451. The van der Waals surface area contributed by atoms with Gasteiger partial charge >= 0.3 is 0 Å². The number of rotatable bonds is 1. The van der Waals surface area contributed by atoms with E-state index in [2.05, 4.69) is 0 Å². The molecule has 0 amide bonds. The Bertz CT molecular complexity index is 229. The van der Waals surface area contributed by atoms with Gasteiger partial charge in [0.2, 0.25) is 0 Å². The highest BCUT2D eigenvalue weighted by Gasteiger charge is 2.83. The molecule has 3 aliphatic carbocycles. The molecule has 3 fully saturated rings. The van der Waals surface area contributed by atoms with Crippen LogP contribution < -0.4 is 0 Å². The van der Waals surface area contributed by atoms with Crippen molar-refractivity contribution in [2.45, 2.75) is 24.5 Å². The molecule has 0 aromatic carbocycles. The zero-order valence-corrected chi connectivity index (χ0v) is 6.20. The van der Waals surface area contributed by atoms with Gasteiger partial charge in [-0.3, -0.25) is 0 Å². The molecule has 3 rings (SSSR count). The van der Waals surface area contributed by atoms with E-state index in [4.69, 9.17) is 5.11 Å². The van der Waals surface area contributed by atoms with Crippen molar-refractivity contribution in [3.05, 3.63) is 0 Å². The predicted molar refractivity (Wildman–Crippen MR) is 36.7 cm³/mol. The van der Waals surface area contributed by atoms with E-state index in [1.54, 1.807) is 0 Å². The van der Waals surface area contributed by atoms with Crippen molar-refractivity contribution in [2.75, 3.05) is 6.61 Å². The lowest BCUT2D eigenvalue weighted by Crippen LogP contribution is -2.36. The summed E-state index contributed by atoms with van der Waals surface area (Å²) in [5, 5.41) is 28.3. The Kier molecular flexibility index (Phi) is 0.795. The highest BCUT2D eigenvalue weighted by molar-refractivity contribution is 5.32. The molecule has 3 nitrogen and oxygen atoms in total. The van der Waals surface area contributed by atoms with Gasteiger partial charge in [-0.15, -0.1) is 0 Å². The van der Waals surface area contributed by atoms with Crippen LogP contribution in [0.1, 0.15) is 12.8 Å². The fourth-order valence-electron chi connectivity index (χ4n) is 3.07. The maximum atomic E-state index is 9.67. The van der Waals surface area contributed by atoms with Crippen LogP contribution in [0, 0.1) is 17.3 Å². The molecule has 62 valence electrons. The molecule has 3 N–H and O–H groups in total. The molecule has 0 spiro atoms. The summed E-state index contributed by atoms with van der Waals surface area (Å²) < 4.78 is 0. The maximum Gasteiger partial charge on any atom is 0.0947 e. The molecule has 0 heterocycles. The van der Waals surface area contributed by atoms with Gasteiger partial charge in [-0.2, -0.15) is 0 Å². The van der Waals surface area contributed by atoms with E-state index in [-0.39, 0.29) is 12.0 Å². The minimum absolute atomic E-state index is 0.0393. The summed E-state index contributed by atoms with van der Waals surface area (Å²) >= 11 is 0. The number of hydrogen-bond donors (Lipinski definition) is 3. The van der Waals surface area contributed by atoms with E-state index in [1.165, 1.54) is 0 Å². The lowest BCUT2D eigenvalue weighted by molar-refractivity contribution is -0.0466. The number of hydrogen-bond acceptors (Lipinski definition) is 3. The molecule has 5 atom stereocenters. The molecule has 0 aromatic heterocycles. The summed E-state index contributed by atoms with van der Waals surface area (Å²) in [4.78, 5) is 0. The SMILES string of the molecule is OCC12CC1C1CC1(O)C2O. The van der Waals surface area contributed by atoms with Gasteiger partial charge in [-0.25, -0.2) is 0 Å². The van der Waals surface area contributed by atoms with Crippen molar-refractivity contribution in [1.82, 2.24) is 0 Å². The minimum atomic E-state index is -0.800. The zero-order valence-electron chi connectivity index (χ0n) is 6.20. The van der Waals surface area contributed by atoms with E-state index in [9.17, 15) is 10.2 Å². The minimum Gasteiger partial charge on any atom is -0.396 e. The van der Waals surface area contributed by atoms with Gasteiger partial charge in [0.15, 0.2) is 0 Å². The van der Waals surface area contributed by atoms with Crippen LogP contribution in [0.5, 0.6) is 0 Å². The smallest absolute Gasteiger partial charge is 0.0947 e. The zero-order chi connectivity index (χ0) is 7.85. The largest absolute Gasteiger partial charge is 0.396 e. The topological polar surface area (TPSA) is 60.7 Å². The normalized spacial score (nSPS) is 70.6. The van der Waals surface area contributed by atoms with Gasteiger partial charge in [-0.1, -0.05) is 0 Å². The second kappa shape index (κ2) is 1.37. The van der Waals surface area contributed by atoms with Crippen LogP contribution >= 0.6 is 0 Å². The van der Waals surface area contributed by atoms with Gasteiger partial charge in [0, 0.05) is 5.41 Å². The fraction of sp³-hybridized carbons (Fsp3) is 1.00. The first-order valence-corrected chi connectivity index (χ1v) is 4.16. The third-order valence-electron chi connectivity index (χ3n) is 4.01. The Morgan fingerprint density at radius 2 is 2.00 bits per heavy atom. The molecule has 3 saturated carbocycles. The van der Waals surface area contributed by atoms with Crippen LogP contribution in [-0.4, -0.2) is 33.6 Å². The second-order valence-electron chi connectivity index (χ2n) is 4.41. The molecule has 0 aromatic rings. The van der Waals surface area contributed by atoms with E-state index >= 15 is 0 Å². The van der Waals surface area contributed by atoms with Crippen molar-refractivity contribution in [1.29, 1.82) is 0 Å². The first kappa shape index (κ1) is 6.40. The van der Waals surface area contributed by atoms with Crippen LogP contribution in [-0.2, 0) is 0 Å². The Morgan fingerprint density at radius 3 is 2.36 bits per heavy atom. The quantitative estimate of drug-likeness (QED) is 0.461. The van der Waals surface area contributed by atoms with E-state index in [0.717, 1.165) is 12.8 Å². The number of aliphatic hydroxyl groups excluding tert-OH is 2. The summed E-state index contributed by atoms with van der Waals surface area (Å²) in [6, 6.07) is 0.